The number of piperidine rings is 1. The largest absolute Gasteiger partial charge is 0.481 e. The van der Waals surface area contributed by atoms with Gasteiger partial charge in [0.25, 0.3) is 0 Å². The van der Waals surface area contributed by atoms with Crippen molar-refractivity contribution in [2.75, 3.05) is 4.90 Å². The van der Waals surface area contributed by atoms with Gasteiger partial charge in [-0.3, -0.25) is 14.4 Å². The number of aliphatic carboxylic acids is 1. The number of aryl methyl sites for hydroxylation is 1. The summed E-state index contributed by atoms with van der Waals surface area (Å²) in [6.45, 7) is 7.16. The second-order valence-electron chi connectivity index (χ2n) is 9.83. The normalized spacial score (nSPS) is 30.0. The molecule has 0 radical (unpaired) electrons. The van der Waals surface area contributed by atoms with E-state index in [9.17, 15) is 19.5 Å². The number of carboxylic acid groups (broad SMARTS) is 1. The molecule has 4 rings (SSSR count). The number of carbonyl (C=O) groups excluding carboxylic acids is 2. The number of imide groups is 1. The number of nitrogens with zero attached hydrogens (tertiary/aromatic N) is 1. The molecular weight excluding hydrogens is 410 g/mol. The number of carboxylic acids is 1. The Hall–Kier alpha value is -2.60. The van der Waals surface area contributed by atoms with Gasteiger partial charge in [0.05, 0.1) is 11.1 Å². The van der Waals surface area contributed by atoms with Crippen LogP contribution in [0.1, 0.15) is 45.6 Å². The maximum absolute atomic E-state index is 13.6. The number of hydrogen-bond acceptors (Lipinski definition) is 3. The lowest BCUT2D eigenvalue weighted by atomic mass is 9.51. The first-order valence-corrected chi connectivity index (χ1v) is 10.3. The molecule has 2 aromatic carbocycles. The highest BCUT2D eigenvalue weighted by Gasteiger charge is 2.63. The summed E-state index contributed by atoms with van der Waals surface area (Å²) in [7, 11) is 0. The van der Waals surface area contributed by atoms with Crippen molar-refractivity contribution < 1.29 is 19.5 Å². The third kappa shape index (κ3) is 3.57. The van der Waals surface area contributed by atoms with Crippen molar-refractivity contribution in [3.05, 3.63) is 54.1 Å². The van der Waals surface area contributed by atoms with Crippen LogP contribution in [-0.4, -0.2) is 22.9 Å². The Morgan fingerprint density at radius 3 is 1.94 bits per heavy atom. The zero-order valence-electron chi connectivity index (χ0n) is 18.4. The molecule has 1 saturated heterocycles. The summed E-state index contributed by atoms with van der Waals surface area (Å²) in [6, 6.07) is 15.6. The molecule has 164 valence electrons. The van der Waals surface area contributed by atoms with E-state index in [-0.39, 0.29) is 38.2 Å². The molecule has 1 aliphatic heterocycles. The predicted octanol–water partition coefficient (Wildman–Crippen LogP) is 4.94. The first-order valence-electron chi connectivity index (χ1n) is 10.3. The minimum Gasteiger partial charge on any atom is -0.481 e. The van der Waals surface area contributed by atoms with Gasteiger partial charge in [-0.2, -0.15) is 13.5 Å². The van der Waals surface area contributed by atoms with E-state index in [1.54, 1.807) is 6.92 Å². The predicted molar refractivity (Wildman–Crippen MR) is 125 cm³/mol. The van der Waals surface area contributed by atoms with Crippen LogP contribution in [0.25, 0.3) is 11.1 Å². The highest BCUT2D eigenvalue weighted by molar-refractivity contribution is 7.59. The summed E-state index contributed by atoms with van der Waals surface area (Å²) in [5.41, 5.74) is 0.462. The summed E-state index contributed by atoms with van der Waals surface area (Å²) < 4.78 is 0. The molecule has 1 saturated carbocycles. The van der Waals surface area contributed by atoms with Crippen molar-refractivity contribution in [1.29, 1.82) is 0 Å². The van der Waals surface area contributed by atoms with Gasteiger partial charge in [0.15, 0.2) is 0 Å². The molecule has 2 fully saturated rings. The van der Waals surface area contributed by atoms with E-state index in [2.05, 4.69) is 0 Å². The molecular formula is C25H29NO4S. The Kier molecular flexibility index (Phi) is 5.60. The number of anilines is 1. The molecule has 2 aliphatic rings. The van der Waals surface area contributed by atoms with Gasteiger partial charge >= 0.3 is 5.97 Å². The van der Waals surface area contributed by atoms with E-state index < -0.39 is 22.2 Å². The van der Waals surface area contributed by atoms with Crippen LogP contribution in [0.4, 0.5) is 5.69 Å². The number of fused-ring (bicyclic) bond motifs is 2. The average molecular weight is 440 g/mol. The van der Waals surface area contributed by atoms with Crippen molar-refractivity contribution in [1.82, 2.24) is 0 Å². The van der Waals surface area contributed by atoms with E-state index in [4.69, 9.17) is 0 Å². The minimum atomic E-state index is -1.10. The molecule has 5 nitrogen and oxygen atoms in total. The summed E-state index contributed by atoms with van der Waals surface area (Å²) in [5.74, 6) is -1.55. The second-order valence-corrected chi connectivity index (χ2v) is 9.83. The molecule has 3 atom stereocenters. The average Bonchev–Trinajstić information content (AvgIpc) is 2.68. The SMILES string of the molecule is Cc1ccc(-c2ccccc2)cc1N1C(=O)[C@@]2(C)CC(C)(C(=O)O)C[C@](C)(C2)C1=O.S. The number of amides is 2. The van der Waals surface area contributed by atoms with Gasteiger partial charge in [-0.05, 0) is 55.9 Å². The topological polar surface area (TPSA) is 74.7 Å². The molecule has 2 bridgehead atoms. The number of hydrogen-bond donors (Lipinski definition) is 1. The Morgan fingerprint density at radius 2 is 1.42 bits per heavy atom. The number of benzene rings is 2. The van der Waals surface area contributed by atoms with Crippen molar-refractivity contribution in [2.24, 2.45) is 16.2 Å². The summed E-state index contributed by atoms with van der Waals surface area (Å²) in [6.07, 6.45) is 0.838. The number of rotatable bonds is 3. The van der Waals surface area contributed by atoms with E-state index in [1.165, 1.54) is 4.90 Å². The first-order chi connectivity index (χ1) is 14.0. The van der Waals surface area contributed by atoms with Crippen LogP contribution in [0, 0.1) is 23.2 Å². The van der Waals surface area contributed by atoms with Crippen molar-refractivity contribution in [3.8, 4) is 11.1 Å². The van der Waals surface area contributed by atoms with Crippen LogP contribution in [0.3, 0.4) is 0 Å². The third-order valence-corrected chi connectivity index (χ3v) is 6.85. The van der Waals surface area contributed by atoms with E-state index in [1.807, 2.05) is 69.3 Å². The fraction of sp³-hybridized carbons (Fsp3) is 0.400. The molecule has 2 amide bonds. The van der Waals surface area contributed by atoms with Crippen molar-refractivity contribution in [3.63, 3.8) is 0 Å². The Morgan fingerprint density at radius 1 is 0.871 bits per heavy atom. The summed E-state index contributed by atoms with van der Waals surface area (Å²) >= 11 is 0. The zero-order valence-corrected chi connectivity index (χ0v) is 19.4. The third-order valence-electron chi connectivity index (χ3n) is 6.85. The fourth-order valence-corrected chi connectivity index (χ4v) is 5.74. The van der Waals surface area contributed by atoms with E-state index >= 15 is 0 Å². The molecule has 1 N–H and O–H groups in total. The molecule has 2 aromatic rings. The van der Waals surface area contributed by atoms with E-state index in [0.717, 1.165) is 16.7 Å². The van der Waals surface area contributed by atoms with Gasteiger partial charge in [-0.1, -0.05) is 56.3 Å². The lowest BCUT2D eigenvalue weighted by Crippen LogP contribution is -2.64. The van der Waals surface area contributed by atoms with Crippen LogP contribution in [0.15, 0.2) is 48.5 Å². The van der Waals surface area contributed by atoms with E-state index in [0.29, 0.717) is 12.1 Å². The highest BCUT2D eigenvalue weighted by atomic mass is 32.1. The summed E-state index contributed by atoms with van der Waals surface area (Å²) in [4.78, 5) is 40.6. The van der Waals surface area contributed by atoms with Crippen LogP contribution >= 0.6 is 13.5 Å². The van der Waals surface area contributed by atoms with Crippen LogP contribution in [0.5, 0.6) is 0 Å². The molecule has 1 heterocycles. The van der Waals surface area contributed by atoms with Gasteiger partial charge in [0.2, 0.25) is 11.8 Å². The van der Waals surface area contributed by atoms with Crippen molar-refractivity contribution >= 4 is 37.0 Å². The lowest BCUT2D eigenvalue weighted by molar-refractivity contribution is -0.167. The van der Waals surface area contributed by atoms with Crippen LogP contribution < -0.4 is 4.90 Å². The zero-order chi connectivity index (χ0) is 21.9. The lowest BCUT2D eigenvalue weighted by Gasteiger charge is -2.55. The van der Waals surface area contributed by atoms with Crippen LogP contribution in [0.2, 0.25) is 0 Å². The van der Waals surface area contributed by atoms with Gasteiger partial charge in [-0.15, -0.1) is 0 Å². The van der Waals surface area contributed by atoms with Gasteiger partial charge in [0.1, 0.15) is 0 Å². The molecule has 0 spiro atoms. The Balaban J connectivity index is 0.00000272. The highest BCUT2D eigenvalue weighted by Crippen LogP contribution is 2.59. The van der Waals surface area contributed by atoms with Gasteiger partial charge in [0, 0.05) is 10.8 Å². The van der Waals surface area contributed by atoms with Crippen molar-refractivity contribution in [2.45, 2.75) is 47.0 Å². The minimum absolute atomic E-state index is 0. The fourth-order valence-electron chi connectivity index (χ4n) is 5.74. The van der Waals surface area contributed by atoms with Gasteiger partial charge in [-0.25, -0.2) is 4.90 Å². The molecule has 31 heavy (non-hydrogen) atoms. The van der Waals surface area contributed by atoms with Crippen LogP contribution in [-0.2, 0) is 14.4 Å². The monoisotopic (exact) mass is 439 g/mol. The summed E-state index contributed by atoms with van der Waals surface area (Å²) in [5, 5.41) is 9.81. The standard InChI is InChI=1S/C25H27NO4.H2S/c1-16-10-11-18(17-8-6-5-7-9-17)12-19(16)26-20(27)23(2)13-24(3,21(26)28)15-25(4,14-23)22(29)30;/h5-12H,13-15H2,1-4H3,(H,29,30);1H2/t23-,24+,25?;. The molecule has 1 aliphatic carbocycles. The Labute approximate surface area is 189 Å². The quantitative estimate of drug-likeness (QED) is 0.688. The first kappa shape index (κ1) is 23.1. The molecule has 6 heteroatoms. The molecule has 0 aromatic heterocycles. The number of carbonyl (C=O) groups is 3. The molecule has 1 unspecified atom stereocenters. The maximum atomic E-state index is 13.6. The second kappa shape index (κ2) is 7.52. The van der Waals surface area contributed by atoms with Gasteiger partial charge < -0.3 is 5.11 Å². The smallest absolute Gasteiger partial charge is 0.309 e. The Bertz CT molecular complexity index is 1040. The maximum Gasteiger partial charge on any atom is 0.309 e.